The first-order valence-electron chi connectivity index (χ1n) is 3.64. The maximum absolute atomic E-state index is 12.8. The van der Waals surface area contributed by atoms with Crippen LogP contribution in [0.2, 0.25) is 0 Å². The molecule has 0 aromatic heterocycles. The van der Waals surface area contributed by atoms with E-state index in [2.05, 4.69) is 0 Å². The van der Waals surface area contributed by atoms with E-state index in [4.69, 9.17) is 9.84 Å². The SMILES string of the molecule is CC[C@@H]1OC(C)[C@@H](F)[C@@H]1O. The Morgan fingerprint density at radius 2 is 2.20 bits per heavy atom. The van der Waals surface area contributed by atoms with E-state index in [9.17, 15) is 4.39 Å². The second-order valence-electron chi connectivity index (χ2n) is 2.72. The van der Waals surface area contributed by atoms with Crippen LogP contribution >= 0.6 is 0 Å². The minimum absolute atomic E-state index is 0.301. The molecule has 1 aliphatic heterocycles. The molecule has 1 unspecified atom stereocenters. The highest BCUT2D eigenvalue weighted by atomic mass is 19.1. The zero-order chi connectivity index (χ0) is 7.72. The first-order valence-corrected chi connectivity index (χ1v) is 3.64. The molecule has 1 aliphatic rings. The molecule has 1 heterocycles. The molecule has 10 heavy (non-hydrogen) atoms. The van der Waals surface area contributed by atoms with Crippen molar-refractivity contribution in [2.45, 2.75) is 44.8 Å². The van der Waals surface area contributed by atoms with Crippen molar-refractivity contribution in [1.29, 1.82) is 0 Å². The highest BCUT2D eigenvalue weighted by molar-refractivity contribution is 4.87. The van der Waals surface area contributed by atoms with Crippen LogP contribution in [0, 0.1) is 0 Å². The fourth-order valence-corrected chi connectivity index (χ4v) is 1.25. The van der Waals surface area contributed by atoms with Crippen molar-refractivity contribution in [2.24, 2.45) is 0 Å². The van der Waals surface area contributed by atoms with Crippen LogP contribution in [-0.4, -0.2) is 29.6 Å². The molecule has 0 bridgehead atoms. The summed E-state index contributed by atoms with van der Waals surface area (Å²) in [6.07, 6.45) is -2.19. The smallest absolute Gasteiger partial charge is 0.154 e. The van der Waals surface area contributed by atoms with E-state index in [0.717, 1.165) is 0 Å². The van der Waals surface area contributed by atoms with E-state index >= 15 is 0 Å². The van der Waals surface area contributed by atoms with Crippen molar-refractivity contribution in [3.05, 3.63) is 0 Å². The van der Waals surface area contributed by atoms with Crippen LogP contribution in [0.1, 0.15) is 20.3 Å². The molecule has 0 amide bonds. The van der Waals surface area contributed by atoms with Gasteiger partial charge < -0.3 is 9.84 Å². The molecule has 0 spiro atoms. The van der Waals surface area contributed by atoms with Crippen LogP contribution in [0.25, 0.3) is 0 Å². The van der Waals surface area contributed by atoms with E-state index in [0.29, 0.717) is 6.42 Å². The van der Waals surface area contributed by atoms with Gasteiger partial charge in [0, 0.05) is 0 Å². The summed E-state index contributed by atoms with van der Waals surface area (Å²) in [6.45, 7) is 3.52. The van der Waals surface area contributed by atoms with Crippen LogP contribution in [0.15, 0.2) is 0 Å². The topological polar surface area (TPSA) is 29.5 Å². The lowest BCUT2D eigenvalue weighted by Crippen LogP contribution is -2.27. The summed E-state index contributed by atoms with van der Waals surface area (Å²) >= 11 is 0. The van der Waals surface area contributed by atoms with Gasteiger partial charge in [-0.1, -0.05) is 6.92 Å². The number of halogens is 1. The number of ether oxygens (including phenoxy) is 1. The van der Waals surface area contributed by atoms with E-state index in [-0.39, 0.29) is 6.10 Å². The molecule has 1 rings (SSSR count). The van der Waals surface area contributed by atoms with Crippen molar-refractivity contribution >= 4 is 0 Å². The monoisotopic (exact) mass is 148 g/mol. The molecular formula is C7H13FO2. The average molecular weight is 148 g/mol. The van der Waals surface area contributed by atoms with Crippen molar-refractivity contribution in [2.75, 3.05) is 0 Å². The van der Waals surface area contributed by atoms with Gasteiger partial charge in [0.05, 0.1) is 12.2 Å². The van der Waals surface area contributed by atoms with Crippen molar-refractivity contribution < 1.29 is 14.2 Å². The molecule has 0 aromatic rings. The van der Waals surface area contributed by atoms with E-state index in [1.165, 1.54) is 0 Å². The van der Waals surface area contributed by atoms with Crippen LogP contribution in [0.3, 0.4) is 0 Å². The summed E-state index contributed by atoms with van der Waals surface area (Å²) in [6, 6.07) is 0. The quantitative estimate of drug-likeness (QED) is 0.598. The highest BCUT2D eigenvalue weighted by Crippen LogP contribution is 2.25. The fourth-order valence-electron chi connectivity index (χ4n) is 1.25. The van der Waals surface area contributed by atoms with Crippen LogP contribution < -0.4 is 0 Å². The average Bonchev–Trinajstić information content (AvgIpc) is 2.17. The molecule has 3 heteroatoms. The second kappa shape index (κ2) is 2.84. The van der Waals surface area contributed by atoms with Gasteiger partial charge in [-0.25, -0.2) is 4.39 Å². The maximum Gasteiger partial charge on any atom is 0.154 e. The van der Waals surface area contributed by atoms with Gasteiger partial charge in [0.15, 0.2) is 6.17 Å². The Labute approximate surface area is 60.0 Å². The van der Waals surface area contributed by atoms with Gasteiger partial charge in [-0.15, -0.1) is 0 Å². The van der Waals surface area contributed by atoms with Gasteiger partial charge >= 0.3 is 0 Å². The summed E-state index contributed by atoms with van der Waals surface area (Å²) in [5.41, 5.74) is 0. The first kappa shape index (κ1) is 7.95. The van der Waals surface area contributed by atoms with Gasteiger partial charge in [-0.05, 0) is 13.3 Å². The third-order valence-corrected chi connectivity index (χ3v) is 1.95. The van der Waals surface area contributed by atoms with E-state index in [1.54, 1.807) is 6.92 Å². The zero-order valence-corrected chi connectivity index (χ0v) is 6.25. The molecule has 0 aromatic carbocycles. The van der Waals surface area contributed by atoms with Crippen LogP contribution in [-0.2, 0) is 4.74 Å². The normalized spacial score (nSPS) is 48.0. The van der Waals surface area contributed by atoms with Crippen molar-refractivity contribution in [3.63, 3.8) is 0 Å². The van der Waals surface area contributed by atoms with Gasteiger partial charge in [-0.3, -0.25) is 0 Å². The Morgan fingerprint density at radius 1 is 1.60 bits per heavy atom. The summed E-state index contributed by atoms with van der Waals surface area (Å²) < 4.78 is 17.9. The standard InChI is InChI=1S/C7H13FO2/c1-3-5-7(9)6(8)4(2)10-5/h4-7,9H,3H2,1-2H3/t4?,5-,6+,7+/m0/s1. The summed E-state index contributed by atoms with van der Waals surface area (Å²) in [5.74, 6) is 0. The van der Waals surface area contributed by atoms with E-state index < -0.39 is 18.4 Å². The number of hydrogen-bond donors (Lipinski definition) is 1. The summed E-state index contributed by atoms with van der Waals surface area (Å²) in [7, 11) is 0. The lowest BCUT2D eigenvalue weighted by molar-refractivity contribution is 0.0144. The van der Waals surface area contributed by atoms with Crippen LogP contribution in [0.4, 0.5) is 4.39 Å². The second-order valence-corrected chi connectivity index (χ2v) is 2.72. The summed E-state index contributed by atoms with van der Waals surface area (Å²) in [4.78, 5) is 0. The molecule has 1 N–H and O–H groups in total. The number of aliphatic hydroxyl groups is 1. The fraction of sp³-hybridized carbons (Fsp3) is 1.00. The van der Waals surface area contributed by atoms with E-state index in [1.807, 2.05) is 6.92 Å². The Balaban J connectivity index is 2.53. The molecule has 0 radical (unpaired) electrons. The maximum atomic E-state index is 12.8. The Bertz CT molecular complexity index is 118. The number of alkyl halides is 1. The third kappa shape index (κ3) is 1.16. The largest absolute Gasteiger partial charge is 0.387 e. The summed E-state index contributed by atoms with van der Waals surface area (Å²) in [5, 5.41) is 9.13. The van der Waals surface area contributed by atoms with Gasteiger partial charge in [0.25, 0.3) is 0 Å². The lowest BCUT2D eigenvalue weighted by Gasteiger charge is -2.09. The predicted octanol–water partition coefficient (Wildman–Crippen LogP) is 0.883. The molecule has 0 aliphatic carbocycles. The Kier molecular flexibility index (Phi) is 2.26. The molecule has 2 nitrogen and oxygen atoms in total. The molecule has 0 saturated carbocycles. The number of rotatable bonds is 1. The predicted molar refractivity (Wildman–Crippen MR) is 35.5 cm³/mol. The molecular weight excluding hydrogens is 135 g/mol. The van der Waals surface area contributed by atoms with Crippen molar-refractivity contribution in [3.8, 4) is 0 Å². The van der Waals surface area contributed by atoms with Gasteiger partial charge in [-0.2, -0.15) is 0 Å². The van der Waals surface area contributed by atoms with Crippen LogP contribution in [0.5, 0.6) is 0 Å². The first-order chi connectivity index (χ1) is 4.66. The molecule has 60 valence electrons. The molecule has 1 fully saturated rings. The lowest BCUT2D eigenvalue weighted by atomic mass is 10.1. The highest BCUT2D eigenvalue weighted by Gasteiger charge is 2.40. The van der Waals surface area contributed by atoms with Crippen molar-refractivity contribution in [1.82, 2.24) is 0 Å². The minimum atomic E-state index is -1.20. The molecule has 4 atom stereocenters. The Hall–Kier alpha value is -0.150. The number of hydrogen-bond acceptors (Lipinski definition) is 2. The molecule has 1 saturated heterocycles. The number of aliphatic hydroxyl groups excluding tert-OH is 1. The Morgan fingerprint density at radius 3 is 2.40 bits per heavy atom. The van der Waals surface area contributed by atoms with Gasteiger partial charge in [0.1, 0.15) is 6.10 Å². The third-order valence-electron chi connectivity index (χ3n) is 1.95. The zero-order valence-electron chi connectivity index (χ0n) is 6.25. The minimum Gasteiger partial charge on any atom is -0.387 e. The van der Waals surface area contributed by atoms with Gasteiger partial charge in [0.2, 0.25) is 0 Å².